The van der Waals surface area contributed by atoms with Crippen LogP contribution in [0.1, 0.15) is 32.6 Å². The third kappa shape index (κ3) is 2.16. The van der Waals surface area contributed by atoms with Crippen LogP contribution < -0.4 is 5.32 Å². The van der Waals surface area contributed by atoms with Crippen LogP contribution in [0.15, 0.2) is 0 Å². The van der Waals surface area contributed by atoms with Crippen molar-refractivity contribution in [2.45, 2.75) is 44.2 Å². The molecular weight excluding hydrogens is 192 g/mol. The lowest BCUT2D eigenvalue weighted by Crippen LogP contribution is -2.57. The van der Waals surface area contributed by atoms with E-state index in [9.17, 15) is 9.90 Å². The quantitative estimate of drug-likeness (QED) is 0.649. The van der Waals surface area contributed by atoms with E-state index in [1.165, 1.54) is 0 Å². The Balaban J connectivity index is 1.99. The van der Waals surface area contributed by atoms with Crippen molar-refractivity contribution in [1.82, 2.24) is 10.2 Å². The molecule has 0 radical (unpaired) electrons. The average molecular weight is 212 g/mol. The van der Waals surface area contributed by atoms with Gasteiger partial charge in [-0.25, -0.2) is 0 Å². The van der Waals surface area contributed by atoms with E-state index in [4.69, 9.17) is 0 Å². The van der Waals surface area contributed by atoms with Crippen molar-refractivity contribution in [3.05, 3.63) is 0 Å². The summed E-state index contributed by atoms with van der Waals surface area (Å²) >= 11 is 0. The van der Waals surface area contributed by atoms with Crippen LogP contribution in [-0.4, -0.2) is 47.2 Å². The number of nitrogens with one attached hydrogen (secondary N) is 1. The predicted molar refractivity (Wildman–Crippen MR) is 57.5 cm³/mol. The third-order valence-corrected chi connectivity index (χ3v) is 3.54. The zero-order valence-corrected chi connectivity index (χ0v) is 9.33. The smallest absolute Gasteiger partial charge is 0.242 e. The van der Waals surface area contributed by atoms with Crippen LogP contribution in [0.4, 0.5) is 0 Å². The van der Waals surface area contributed by atoms with Crippen molar-refractivity contribution >= 4 is 5.91 Å². The molecule has 2 saturated heterocycles. The number of likely N-dealkylation sites (tertiary alicyclic amines) is 1. The lowest BCUT2D eigenvalue weighted by molar-refractivity contribution is -0.138. The number of hydrogen-bond donors (Lipinski definition) is 2. The van der Waals surface area contributed by atoms with Crippen LogP contribution in [-0.2, 0) is 4.79 Å². The van der Waals surface area contributed by atoms with Crippen LogP contribution in [0.5, 0.6) is 0 Å². The fourth-order valence-corrected chi connectivity index (χ4v) is 2.51. The summed E-state index contributed by atoms with van der Waals surface area (Å²) in [5.74, 6) is 0.166. The van der Waals surface area contributed by atoms with Gasteiger partial charge in [0.15, 0.2) is 0 Å². The van der Waals surface area contributed by atoms with Crippen molar-refractivity contribution in [2.24, 2.45) is 0 Å². The normalized spacial score (nSPS) is 36.9. The van der Waals surface area contributed by atoms with Crippen LogP contribution in [0.25, 0.3) is 0 Å². The average Bonchev–Trinajstić information content (AvgIpc) is 2.65. The zero-order valence-electron chi connectivity index (χ0n) is 9.33. The van der Waals surface area contributed by atoms with E-state index in [2.05, 4.69) is 5.32 Å². The first-order chi connectivity index (χ1) is 7.12. The van der Waals surface area contributed by atoms with Gasteiger partial charge in [0.25, 0.3) is 0 Å². The van der Waals surface area contributed by atoms with Gasteiger partial charge < -0.3 is 15.3 Å². The van der Waals surface area contributed by atoms with E-state index < -0.39 is 0 Å². The highest BCUT2D eigenvalue weighted by Gasteiger charge is 2.39. The molecule has 2 heterocycles. The number of carbonyl (C=O) groups excluding carboxylic acids is 1. The number of hydrogen-bond acceptors (Lipinski definition) is 3. The summed E-state index contributed by atoms with van der Waals surface area (Å²) < 4.78 is 0. The Bertz CT molecular complexity index is 249. The summed E-state index contributed by atoms with van der Waals surface area (Å²) in [7, 11) is 0. The van der Waals surface area contributed by atoms with Gasteiger partial charge in [0.2, 0.25) is 5.91 Å². The third-order valence-electron chi connectivity index (χ3n) is 3.54. The standard InChI is InChI=1S/C11H20N2O2/c1-11(5-2-3-6-12-11)10(15)13-7-4-9(14)8-13/h9,12,14H,2-8H2,1H3/t9-,11?/m1/s1. The Morgan fingerprint density at radius 1 is 1.53 bits per heavy atom. The summed E-state index contributed by atoms with van der Waals surface area (Å²) in [5.41, 5.74) is -0.387. The van der Waals surface area contributed by atoms with Crippen molar-refractivity contribution in [3.8, 4) is 0 Å². The lowest BCUT2D eigenvalue weighted by atomic mass is 9.89. The molecule has 2 fully saturated rings. The first kappa shape index (κ1) is 10.9. The Morgan fingerprint density at radius 3 is 2.87 bits per heavy atom. The molecule has 2 aliphatic rings. The lowest BCUT2D eigenvalue weighted by Gasteiger charge is -2.36. The maximum absolute atomic E-state index is 12.2. The van der Waals surface area contributed by atoms with Crippen molar-refractivity contribution in [1.29, 1.82) is 0 Å². The van der Waals surface area contributed by atoms with Gasteiger partial charge in [-0.2, -0.15) is 0 Å². The highest BCUT2D eigenvalue weighted by molar-refractivity contribution is 5.86. The number of carbonyl (C=O) groups is 1. The van der Waals surface area contributed by atoms with Crippen LogP contribution in [0.2, 0.25) is 0 Å². The maximum Gasteiger partial charge on any atom is 0.242 e. The Kier molecular flexibility index (Phi) is 2.98. The fourth-order valence-electron chi connectivity index (χ4n) is 2.51. The van der Waals surface area contributed by atoms with Crippen LogP contribution in [0.3, 0.4) is 0 Å². The van der Waals surface area contributed by atoms with Crippen molar-refractivity contribution < 1.29 is 9.90 Å². The molecule has 0 bridgehead atoms. The molecule has 1 unspecified atom stereocenters. The van der Waals surface area contributed by atoms with Gasteiger partial charge in [-0.05, 0) is 39.2 Å². The van der Waals surface area contributed by atoms with E-state index in [0.717, 1.165) is 32.2 Å². The minimum Gasteiger partial charge on any atom is -0.391 e. The van der Waals surface area contributed by atoms with Crippen LogP contribution >= 0.6 is 0 Å². The van der Waals surface area contributed by atoms with Gasteiger partial charge in [-0.3, -0.25) is 4.79 Å². The first-order valence-electron chi connectivity index (χ1n) is 5.84. The number of aliphatic hydroxyl groups is 1. The SMILES string of the molecule is CC1(C(=O)N2CC[C@@H](O)C2)CCCCN1. The van der Waals surface area contributed by atoms with E-state index in [0.29, 0.717) is 13.1 Å². The number of β-amino-alcohol motifs (C(OH)–C–C–N with tert-alkyl or cyclic N) is 1. The minimum absolute atomic E-state index is 0.166. The first-order valence-corrected chi connectivity index (χ1v) is 5.84. The molecular formula is C11H20N2O2. The molecule has 1 amide bonds. The van der Waals surface area contributed by atoms with Gasteiger partial charge in [0, 0.05) is 13.1 Å². The Labute approximate surface area is 90.6 Å². The molecule has 4 nitrogen and oxygen atoms in total. The number of amides is 1. The maximum atomic E-state index is 12.2. The monoisotopic (exact) mass is 212 g/mol. The van der Waals surface area contributed by atoms with Gasteiger partial charge in [0.05, 0.1) is 11.6 Å². The summed E-state index contributed by atoms with van der Waals surface area (Å²) in [5, 5.41) is 12.7. The highest BCUT2D eigenvalue weighted by atomic mass is 16.3. The molecule has 0 aromatic rings. The predicted octanol–water partition coefficient (Wildman–Crippen LogP) is 0.112. The van der Waals surface area contributed by atoms with Crippen LogP contribution in [0, 0.1) is 0 Å². The molecule has 2 aliphatic heterocycles. The van der Waals surface area contributed by atoms with Gasteiger partial charge in [-0.1, -0.05) is 0 Å². The molecule has 2 N–H and O–H groups in total. The number of aliphatic hydroxyl groups excluding tert-OH is 1. The van der Waals surface area contributed by atoms with E-state index in [-0.39, 0.29) is 17.6 Å². The van der Waals surface area contributed by atoms with E-state index >= 15 is 0 Å². The number of nitrogens with zero attached hydrogens (tertiary/aromatic N) is 1. The molecule has 0 aromatic carbocycles. The fraction of sp³-hybridized carbons (Fsp3) is 0.909. The molecule has 0 aromatic heterocycles. The van der Waals surface area contributed by atoms with Gasteiger partial charge >= 0.3 is 0 Å². The van der Waals surface area contributed by atoms with Gasteiger partial charge in [0.1, 0.15) is 0 Å². The minimum atomic E-state index is -0.387. The Hall–Kier alpha value is -0.610. The molecule has 0 spiro atoms. The molecule has 0 saturated carbocycles. The molecule has 86 valence electrons. The summed E-state index contributed by atoms with van der Waals surface area (Å²) in [6.07, 6.45) is 3.60. The summed E-state index contributed by atoms with van der Waals surface area (Å²) in [4.78, 5) is 14.0. The van der Waals surface area contributed by atoms with E-state index in [1.807, 2.05) is 6.92 Å². The second-order valence-corrected chi connectivity index (χ2v) is 4.91. The topological polar surface area (TPSA) is 52.6 Å². The molecule has 0 aliphatic carbocycles. The number of rotatable bonds is 1. The van der Waals surface area contributed by atoms with E-state index in [1.54, 1.807) is 4.90 Å². The van der Waals surface area contributed by atoms with Gasteiger partial charge in [-0.15, -0.1) is 0 Å². The van der Waals surface area contributed by atoms with Crippen molar-refractivity contribution in [2.75, 3.05) is 19.6 Å². The Morgan fingerprint density at radius 2 is 2.33 bits per heavy atom. The summed E-state index contributed by atoms with van der Waals surface area (Å²) in [6.45, 7) is 4.13. The van der Waals surface area contributed by atoms with Crippen molar-refractivity contribution in [3.63, 3.8) is 0 Å². The second-order valence-electron chi connectivity index (χ2n) is 4.91. The zero-order chi connectivity index (χ0) is 10.9. The molecule has 15 heavy (non-hydrogen) atoms. The highest BCUT2D eigenvalue weighted by Crippen LogP contribution is 2.23. The largest absolute Gasteiger partial charge is 0.391 e. The second kappa shape index (κ2) is 4.10. The molecule has 2 atom stereocenters. The summed E-state index contributed by atoms with van der Waals surface area (Å²) in [6, 6.07) is 0. The molecule has 4 heteroatoms. The molecule has 2 rings (SSSR count). The number of piperidine rings is 1.